The van der Waals surface area contributed by atoms with Gasteiger partial charge >= 0.3 is 0 Å². The van der Waals surface area contributed by atoms with Gasteiger partial charge in [-0.3, -0.25) is 4.79 Å². The molecule has 4 heteroatoms. The van der Waals surface area contributed by atoms with E-state index in [1.807, 2.05) is 50.2 Å². The SMILES string of the molecule is Cc1cc(C(=O)NCCOc2ccccc2)c(C)n1C(C)C. The second kappa shape index (κ2) is 7.16. The van der Waals surface area contributed by atoms with Gasteiger partial charge in [-0.1, -0.05) is 18.2 Å². The van der Waals surface area contributed by atoms with Gasteiger partial charge in [0.1, 0.15) is 12.4 Å². The molecule has 22 heavy (non-hydrogen) atoms. The van der Waals surface area contributed by atoms with Crippen molar-refractivity contribution in [1.29, 1.82) is 0 Å². The summed E-state index contributed by atoms with van der Waals surface area (Å²) in [6, 6.07) is 11.9. The van der Waals surface area contributed by atoms with E-state index < -0.39 is 0 Å². The second-order valence-electron chi connectivity index (χ2n) is 5.67. The first-order valence-electron chi connectivity index (χ1n) is 7.65. The lowest BCUT2D eigenvalue weighted by Gasteiger charge is -2.13. The normalized spacial score (nSPS) is 10.8. The smallest absolute Gasteiger partial charge is 0.253 e. The molecule has 1 aromatic heterocycles. The number of ether oxygens (including phenoxy) is 1. The molecule has 2 rings (SSSR count). The van der Waals surface area contributed by atoms with Crippen LogP contribution in [0.1, 0.15) is 41.6 Å². The number of nitrogens with one attached hydrogen (secondary N) is 1. The molecule has 0 fully saturated rings. The van der Waals surface area contributed by atoms with Gasteiger partial charge in [0.2, 0.25) is 0 Å². The van der Waals surface area contributed by atoms with Crippen LogP contribution in [0.3, 0.4) is 0 Å². The average molecular weight is 300 g/mol. The summed E-state index contributed by atoms with van der Waals surface area (Å²) >= 11 is 0. The zero-order valence-electron chi connectivity index (χ0n) is 13.7. The Hall–Kier alpha value is -2.23. The maximum Gasteiger partial charge on any atom is 0.253 e. The molecule has 0 saturated carbocycles. The summed E-state index contributed by atoms with van der Waals surface area (Å²) < 4.78 is 7.75. The number of hydrogen-bond donors (Lipinski definition) is 1. The lowest BCUT2D eigenvalue weighted by Crippen LogP contribution is -2.28. The largest absolute Gasteiger partial charge is 0.492 e. The molecule has 0 bridgehead atoms. The molecule has 0 unspecified atom stereocenters. The molecule has 0 aliphatic heterocycles. The third kappa shape index (κ3) is 3.70. The van der Waals surface area contributed by atoms with Crippen molar-refractivity contribution in [2.75, 3.05) is 13.2 Å². The van der Waals surface area contributed by atoms with Crippen LogP contribution >= 0.6 is 0 Å². The first-order valence-corrected chi connectivity index (χ1v) is 7.65. The van der Waals surface area contributed by atoms with E-state index in [1.54, 1.807) is 0 Å². The summed E-state index contributed by atoms with van der Waals surface area (Å²) in [6.07, 6.45) is 0. The minimum Gasteiger partial charge on any atom is -0.492 e. The summed E-state index contributed by atoms with van der Waals surface area (Å²) in [5.41, 5.74) is 2.86. The van der Waals surface area contributed by atoms with Crippen LogP contribution in [0.5, 0.6) is 5.75 Å². The van der Waals surface area contributed by atoms with Crippen LogP contribution in [0.2, 0.25) is 0 Å². The first-order chi connectivity index (χ1) is 10.5. The van der Waals surface area contributed by atoms with Gasteiger partial charge in [-0.05, 0) is 45.9 Å². The molecule has 0 radical (unpaired) electrons. The molecule has 4 nitrogen and oxygen atoms in total. The van der Waals surface area contributed by atoms with E-state index >= 15 is 0 Å². The Labute approximate surface area is 132 Å². The predicted molar refractivity (Wildman–Crippen MR) is 88.6 cm³/mol. The van der Waals surface area contributed by atoms with Crippen LogP contribution in [-0.4, -0.2) is 23.6 Å². The average Bonchev–Trinajstić information content (AvgIpc) is 2.79. The molecule has 1 heterocycles. The van der Waals surface area contributed by atoms with Crippen molar-refractivity contribution in [3.8, 4) is 5.75 Å². The van der Waals surface area contributed by atoms with Crippen molar-refractivity contribution in [3.63, 3.8) is 0 Å². The molecular formula is C18H24N2O2. The quantitative estimate of drug-likeness (QED) is 0.830. The Bertz CT molecular complexity index is 630. The number of amides is 1. The standard InChI is InChI=1S/C18H24N2O2/c1-13(2)20-14(3)12-17(15(20)4)18(21)19-10-11-22-16-8-6-5-7-9-16/h5-9,12-13H,10-11H2,1-4H3,(H,19,21). The Morgan fingerprint density at radius 2 is 1.91 bits per heavy atom. The number of carbonyl (C=O) groups excluding carboxylic acids is 1. The number of carbonyl (C=O) groups is 1. The van der Waals surface area contributed by atoms with Crippen molar-refractivity contribution in [2.24, 2.45) is 0 Å². The van der Waals surface area contributed by atoms with Gasteiger partial charge in [-0.15, -0.1) is 0 Å². The lowest BCUT2D eigenvalue weighted by molar-refractivity contribution is 0.0946. The van der Waals surface area contributed by atoms with Crippen molar-refractivity contribution in [3.05, 3.63) is 53.3 Å². The Balaban J connectivity index is 1.89. The van der Waals surface area contributed by atoms with Gasteiger partial charge < -0.3 is 14.6 Å². The van der Waals surface area contributed by atoms with E-state index in [0.717, 1.165) is 22.7 Å². The number of rotatable bonds is 6. The summed E-state index contributed by atoms with van der Waals surface area (Å²) in [5, 5.41) is 2.91. The summed E-state index contributed by atoms with van der Waals surface area (Å²) in [6.45, 7) is 9.20. The molecule has 1 amide bonds. The van der Waals surface area contributed by atoms with Crippen molar-refractivity contribution in [1.82, 2.24) is 9.88 Å². The number of nitrogens with zero attached hydrogens (tertiary/aromatic N) is 1. The third-order valence-corrected chi connectivity index (χ3v) is 3.64. The molecule has 118 valence electrons. The molecule has 0 aliphatic rings. The van der Waals surface area contributed by atoms with Gasteiger partial charge in [-0.25, -0.2) is 0 Å². The predicted octanol–water partition coefficient (Wildman–Crippen LogP) is 3.49. The number of hydrogen-bond acceptors (Lipinski definition) is 2. The lowest BCUT2D eigenvalue weighted by atomic mass is 10.2. The van der Waals surface area contributed by atoms with Crippen LogP contribution in [-0.2, 0) is 0 Å². The maximum absolute atomic E-state index is 12.3. The highest BCUT2D eigenvalue weighted by molar-refractivity contribution is 5.95. The Morgan fingerprint density at radius 1 is 1.23 bits per heavy atom. The monoisotopic (exact) mass is 300 g/mol. The van der Waals surface area contributed by atoms with E-state index in [9.17, 15) is 4.79 Å². The van der Waals surface area contributed by atoms with E-state index in [2.05, 4.69) is 23.7 Å². The topological polar surface area (TPSA) is 43.3 Å². The van der Waals surface area contributed by atoms with Gasteiger partial charge in [0.25, 0.3) is 5.91 Å². The van der Waals surface area contributed by atoms with Crippen molar-refractivity contribution >= 4 is 5.91 Å². The van der Waals surface area contributed by atoms with Crippen LogP contribution in [0.25, 0.3) is 0 Å². The van der Waals surface area contributed by atoms with E-state index in [0.29, 0.717) is 19.2 Å². The highest BCUT2D eigenvalue weighted by Crippen LogP contribution is 2.19. The van der Waals surface area contributed by atoms with Crippen molar-refractivity contribution < 1.29 is 9.53 Å². The number of aryl methyl sites for hydroxylation is 1. The molecule has 0 saturated heterocycles. The van der Waals surface area contributed by atoms with Gasteiger partial charge in [0, 0.05) is 17.4 Å². The summed E-state index contributed by atoms with van der Waals surface area (Å²) in [7, 11) is 0. The molecule has 1 aromatic carbocycles. The van der Waals surface area contributed by atoms with Gasteiger partial charge in [-0.2, -0.15) is 0 Å². The van der Waals surface area contributed by atoms with E-state index in [4.69, 9.17) is 4.74 Å². The zero-order chi connectivity index (χ0) is 16.1. The van der Waals surface area contributed by atoms with Gasteiger partial charge in [0.15, 0.2) is 0 Å². The zero-order valence-corrected chi connectivity index (χ0v) is 13.7. The van der Waals surface area contributed by atoms with E-state index in [1.165, 1.54) is 0 Å². The molecule has 0 spiro atoms. The minimum atomic E-state index is -0.0448. The first kappa shape index (κ1) is 16.1. The van der Waals surface area contributed by atoms with Crippen LogP contribution in [0.4, 0.5) is 0 Å². The number of benzene rings is 1. The molecule has 0 atom stereocenters. The summed E-state index contributed by atoms with van der Waals surface area (Å²) in [4.78, 5) is 12.3. The van der Waals surface area contributed by atoms with Gasteiger partial charge in [0.05, 0.1) is 12.1 Å². The Morgan fingerprint density at radius 3 is 2.50 bits per heavy atom. The molecule has 0 aliphatic carbocycles. The third-order valence-electron chi connectivity index (χ3n) is 3.64. The fourth-order valence-corrected chi connectivity index (χ4v) is 2.75. The van der Waals surface area contributed by atoms with Crippen LogP contribution in [0.15, 0.2) is 36.4 Å². The highest BCUT2D eigenvalue weighted by atomic mass is 16.5. The van der Waals surface area contributed by atoms with Crippen LogP contribution in [0, 0.1) is 13.8 Å². The van der Waals surface area contributed by atoms with Crippen LogP contribution < -0.4 is 10.1 Å². The molecule has 2 aromatic rings. The van der Waals surface area contributed by atoms with E-state index in [-0.39, 0.29) is 5.91 Å². The summed E-state index contributed by atoms with van der Waals surface area (Å²) in [5.74, 6) is 0.770. The van der Waals surface area contributed by atoms with Crippen molar-refractivity contribution in [2.45, 2.75) is 33.7 Å². The molecule has 1 N–H and O–H groups in total. The maximum atomic E-state index is 12.3. The minimum absolute atomic E-state index is 0.0448. The highest BCUT2D eigenvalue weighted by Gasteiger charge is 2.16. The fourth-order valence-electron chi connectivity index (χ4n) is 2.75. The number of aromatic nitrogens is 1. The molecular weight excluding hydrogens is 276 g/mol. The number of para-hydroxylation sites is 1. The fraction of sp³-hybridized carbons (Fsp3) is 0.389. The Kier molecular flexibility index (Phi) is 5.26. The second-order valence-corrected chi connectivity index (χ2v) is 5.67.